The summed E-state index contributed by atoms with van der Waals surface area (Å²) in [5, 5.41) is 0. The highest BCUT2D eigenvalue weighted by Crippen LogP contribution is 2.28. The molecule has 1 aromatic carbocycles. The second kappa shape index (κ2) is 5.29. The van der Waals surface area contributed by atoms with E-state index in [-0.39, 0.29) is 5.91 Å². The van der Waals surface area contributed by atoms with Crippen molar-refractivity contribution >= 4 is 23.3 Å². The molecule has 1 saturated heterocycles. The molecule has 0 saturated carbocycles. The van der Waals surface area contributed by atoms with Crippen molar-refractivity contribution in [1.82, 2.24) is 9.80 Å². The maximum absolute atomic E-state index is 12.1. The van der Waals surface area contributed by atoms with Crippen LogP contribution >= 0.6 is 0 Å². The van der Waals surface area contributed by atoms with Gasteiger partial charge in [0.05, 0.1) is 17.9 Å². The summed E-state index contributed by atoms with van der Waals surface area (Å²) in [6.45, 7) is 4.70. The number of carbonyl (C=O) groups excluding carboxylic acids is 3. The van der Waals surface area contributed by atoms with E-state index in [0.29, 0.717) is 44.1 Å². The Labute approximate surface area is 122 Å². The first kappa shape index (κ1) is 13.8. The molecule has 0 unspecified atom stereocenters. The SMILES string of the molecule is CC(=O)N1CCN(CN2C(=O)C(=O)c3ccccc32)CC1. The number of hydrogen-bond donors (Lipinski definition) is 0. The number of para-hydroxylation sites is 1. The first-order valence-electron chi connectivity index (χ1n) is 7.01. The van der Waals surface area contributed by atoms with Gasteiger partial charge in [0.2, 0.25) is 5.91 Å². The Morgan fingerprint density at radius 3 is 2.43 bits per heavy atom. The van der Waals surface area contributed by atoms with Crippen molar-refractivity contribution in [2.24, 2.45) is 0 Å². The van der Waals surface area contributed by atoms with Gasteiger partial charge in [-0.25, -0.2) is 0 Å². The Bertz CT molecular complexity index is 606. The maximum Gasteiger partial charge on any atom is 0.300 e. The highest BCUT2D eigenvalue weighted by molar-refractivity contribution is 6.52. The minimum Gasteiger partial charge on any atom is -0.340 e. The highest BCUT2D eigenvalue weighted by atomic mass is 16.2. The van der Waals surface area contributed by atoms with Gasteiger partial charge < -0.3 is 4.90 Å². The van der Waals surface area contributed by atoms with Gasteiger partial charge in [-0.1, -0.05) is 12.1 Å². The van der Waals surface area contributed by atoms with Crippen molar-refractivity contribution in [3.05, 3.63) is 29.8 Å². The lowest BCUT2D eigenvalue weighted by molar-refractivity contribution is -0.130. The van der Waals surface area contributed by atoms with Gasteiger partial charge in [0.1, 0.15) is 0 Å². The molecule has 0 N–H and O–H groups in total. The maximum atomic E-state index is 12.1. The van der Waals surface area contributed by atoms with Crippen LogP contribution in [0.3, 0.4) is 0 Å². The topological polar surface area (TPSA) is 60.9 Å². The summed E-state index contributed by atoms with van der Waals surface area (Å²) >= 11 is 0. The van der Waals surface area contributed by atoms with Gasteiger partial charge in [-0.05, 0) is 12.1 Å². The summed E-state index contributed by atoms with van der Waals surface area (Å²) in [4.78, 5) is 40.7. The fourth-order valence-electron chi connectivity index (χ4n) is 2.79. The van der Waals surface area contributed by atoms with E-state index in [0.717, 1.165) is 0 Å². The smallest absolute Gasteiger partial charge is 0.300 e. The monoisotopic (exact) mass is 287 g/mol. The Morgan fingerprint density at radius 1 is 1.10 bits per heavy atom. The molecule has 1 fully saturated rings. The number of rotatable bonds is 2. The number of carbonyl (C=O) groups is 3. The number of amides is 2. The fraction of sp³-hybridized carbons (Fsp3) is 0.400. The predicted molar refractivity (Wildman–Crippen MR) is 77.0 cm³/mol. The van der Waals surface area contributed by atoms with Crippen molar-refractivity contribution in [2.75, 3.05) is 37.7 Å². The molecule has 21 heavy (non-hydrogen) atoms. The number of Topliss-reactive ketones (excluding diaryl/α,β-unsaturated/α-hetero) is 1. The van der Waals surface area contributed by atoms with Crippen LogP contribution in [0.2, 0.25) is 0 Å². The fourth-order valence-corrected chi connectivity index (χ4v) is 2.79. The van der Waals surface area contributed by atoms with Crippen LogP contribution in [0.4, 0.5) is 5.69 Å². The minimum absolute atomic E-state index is 0.0763. The van der Waals surface area contributed by atoms with Crippen LogP contribution in [0.15, 0.2) is 24.3 Å². The Balaban J connectivity index is 1.70. The van der Waals surface area contributed by atoms with Crippen LogP contribution in [0.1, 0.15) is 17.3 Å². The summed E-state index contributed by atoms with van der Waals surface area (Å²) in [7, 11) is 0. The summed E-state index contributed by atoms with van der Waals surface area (Å²) in [6, 6.07) is 7.07. The zero-order valence-electron chi connectivity index (χ0n) is 11.9. The standard InChI is InChI=1S/C15H17N3O3/c1-11(19)17-8-6-16(7-9-17)10-18-13-5-3-2-4-12(13)14(20)15(18)21/h2-5H,6-10H2,1H3. The molecule has 0 aromatic heterocycles. The van der Waals surface area contributed by atoms with E-state index in [1.165, 1.54) is 4.90 Å². The van der Waals surface area contributed by atoms with Crippen LogP contribution in [0, 0.1) is 0 Å². The number of anilines is 1. The average molecular weight is 287 g/mol. The van der Waals surface area contributed by atoms with Crippen molar-refractivity contribution in [3.8, 4) is 0 Å². The average Bonchev–Trinajstić information content (AvgIpc) is 2.73. The minimum atomic E-state index is -0.467. The molecule has 0 spiro atoms. The number of ketones is 1. The van der Waals surface area contributed by atoms with Crippen LogP contribution < -0.4 is 4.90 Å². The molecule has 110 valence electrons. The summed E-state index contributed by atoms with van der Waals surface area (Å²) < 4.78 is 0. The van der Waals surface area contributed by atoms with Crippen LogP contribution in [-0.2, 0) is 9.59 Å². The molecule has 0 radical (unpaired) electrons. The van der Waals surface area contributed by atoms with Gasteiger partial charge in [0, 0.05) is 33.1 Å². The third-order valence-electron chi connectivity index (χ3n) is 4.04. The van der Waals surface area contributed by atoms with Crippen LogP contribution in [0.25, 0.3) is 0 Å². The first-order valence-corrected chi connectivity index (χ1v) is 7.01. The summed E-state index contributed by atoms with van der Waals surface area (Å²) in [5.41, 5.74) is 1.16. The second-order valence-corrected chi connectivity index (χ2v) is 5.34. The third kappa shape index (κ3) is 2.42. The first-order chi connectivity index (χ1) is 10.1. The normalized spacial score (nSPS) is 19.1. The summed E-state index contributed by atoms with van der Waals surface area (Å²) in [6.07, 6.45) is 0. The summed E-state index contributed by atoms with van der Waals surface area (Å²) in [5.74, 6) is -0.828. The van der Waals surface area contributed by atoms with Crippen LogP contribution in [-0.4, -0.2) is 60.2 Å². The lowest BCUT2D eigenvalue weighted by Gasteiger charge is -2.36. The van der Waals surface area contributed by atoms with E-state index in [4.69, 9.17) is 0 Å². The Morgan fingerprint density at radius 2 is 1.76 bits per heavy atom. The predicted octanol–water partition coefficient (Wildman–Crippen LogP) is 0.337. The second-order valence-electron chi connectivity index (χ2n) is 5.34. The molecular weight excluding hydrogens is 270 g/mol. The lowest BCUT2D eigenvalue weighted by Crippen LogP contribution is -2.52. The van der Waals surface area contributed by atoms with E-state index >= 15 is 0 Å². The van der Waals surface area contributed by atoms with Crippen molar-refractivity contribution in [1.29, 1.82) is 0 Å². The van der Waals surface area contributed by atoms with Gasteiger partial charge in [0.25, 0.3) is 5.78 Å². The van der Waals surface area contributed by atoms with E-state index in [9.17, 15) is 14.4 Å². The molecule has 0 bridgehead atoms. The molecular formula is C15H17N3O3. The number of nitrogens with zero attached hydrogens (tertiary/aromatic N) is 3. The van der Waals surface area contributed by atoms with E-state index in [1.807, 2.05) is 6.07 Å². The van der Waals surface area contributed by atoms with Crippen molar-refractivity contribution in [3.63, 3.8) is 0 Å². The number of hydrogen-bond acceptors (Lipinski definition) is 4. The van der Waals surface area contributed by atoms with Gasteiger partial charge in [-0.15, -0.1) is 0 Å². The number of benzene rings is 1. The van der Waals surface area contributed by atoms with Crippen LogP contribution in [0.5, 0.6) is 0 Å². The van der Waals surface area contributed by atoms with Gasteiger partial charge in [-0.3, -0.25) is 24.2 Å². The molecule has 2 aliphatic heterocycles. The molecule has 0 atom stereocenters. The van der Waals surface area contributed by atoms with E-state index in [1.54, 1.807) is 30.0 Å². The molecule has 3 rings (SSSR count). The number of fused-ring (bicyclic) bond motifs is 1. The van der Waals surface area contributed by atoms with Crippen molar-refractivity contribution < 1.29 is 14.4 Å². The molecule has 1 aromatic rings. The molecule has 2 amide bonds. The zero-order valence-corrected chi connectivity index (χ0v) is 11.9. The molecule has 6 nitrogen and oxygen atoms in total. The van der Waals surface area contributed by atoms with Gasteiger partial charge in [-0.2, -0.15) is 0 Å². The quantitative estimate of drug-likeness (QED) is 0.736. The molecule has 2 heterocycles. The van der Waals surface area contributed by atoms with E-state index in [2.05, 4.69) is 4.90 Å². The van der Waals surface area contributed by atoms with Crippen molar-refractivity contribution in [2.45, 2.75) is 6.92 Å². The Hall–Kier alpha value is -2.21. The molecule has 0 aliphatic carbocycles. The van der Waals surface area contributed by atoms with Gasteiger partial charge >= 0.3 is 5.91 Å². The molecule has 6 heteroatoms. The lowest BCUT2D eigenvalue weighted by atomic mass is 10.1. The largest absolute Gasteiger partial charge is 0.340 e. The third-order valence-corrected chi connectivity index (χ3v) is 4.04. The highest BCUT2D eigenvalue weighted by Gasteiger charge is 2.36. The van der Waals surface area contributed by atoms with E-state index < -0.39 is 11.7 Å². The Kier molecular flexibility index (Phi) is 3.47. The molecule has 2 aliphatic rings. The zero-order chi connectivity index (χ0) is 15.0. The number of piperazine rings is 1. The van der Waals surface area contributed by atoms with Gasteiger partial charge in [0.15, 0.2) is 0 Å².